The Morgan fingerprint density at radius 3 is 2.50 bits per heavy atom. The van der Waals surface area contributed by atoms with Crippen molar-refractivity contribution in [3.63, 3.8) is 0 Å². The van der Waals surface area contributed by atoms with Gasteiger partial charge >= 0.3 is 0 Å². The summed E-state index contributed by atoms with van der Waals surface area (Å²) in [7, 11) is 3.20. The van der Waals surface area contributed by atoms with Crippen molar-refractivity contribution in [3.05, 3.63) is 59.2 Å². The lowest BCUT2D eigenvalue weighted by Crippen LogP contribution is -2.42. The van der Waals surface area contributed by atoms with Crippen molar-refractivity contribution in [3.8, 4) is 11.5 Å². The van der Waals surface area contributed by atoms with Gasteiger partial charge in [0, 0.05) is 26.6 Å². The number of fused-ring (bicyclic) bond motifs is 1. The SMILES string of the molecule is CCN(Cc1ccc(OC)c(OC)c1)C(=O)CC1c2ccccc2CCN1C(C)=O. The molecule has 0 aliphatic carbocycles. The third-order valence-corrected chi connectivity index (χ3v) is 5.74. The molecule has 1 aliphatic heterocycles. The molecule has 6 heteroatoms. The molecule has 0 aromatic heterocycles. The maximum atomic E-state index is 13.2. The summed E-state index contributed by atoms with van der Waals surface area (Å²) >= 11 is 0. The van der Waals surface area contributed by atoms with E-state index in [0.717, 1.165) is 17.5 Å². The number of carbonyl (C=O) groups excluding carboxylic acids is 2. The fourth-order valence-corrected chi connectivity index (χ4v) is 4.12. The molecular formula is C24H30N2O4. The predicted molar refractivity (Wildman–Crippen MR) is 116 cm³/mol. The van der Waals surface area contributed by atoms with Gasteiger partial charge in [-0.1, -0.05) is 30.3 Å². The largest absolute Gasteiger partial charge is 0.493 e. The molecular weight excluding hydrogens is 380 g/mol. The second kappa shape index (κ2) is 9.65. The molecule has 0 spiro atoms. The first-order chi connectivity index (χ1) is 14.5. The lowest BCUT2D eigenvalue weighted by Gasteiger charge is -2.37. The maximum absolute atomic E-state index is 13.2. The molecule has 1 heterocycles. The van der Waals surface area contributed by atoms with Gasteiger partial charge in [0.05, 0.1) is 26.7 Å². The van der Waals surface area contributed by atoms with E-state index in [1.54, 1.807) is 21.1 Å². The third-order valence-electron chi connectivity index (χ3n) is 5.74. The Balaban J connectivity index is 1.79. The molecule has 2 amide bonds. The molecule has 160 valence electrons. The predicted octanol–water partition coefficient (Wildman–Crippen LogP) is 3.59. The quantitative estimate of drug-likeness (QED) is 0.700. The fourth-order valence-electron chi connectivity index (χ4n) is 4.12. The summed E-state index contributed by atoms with van der Waals surface area (Å²) in [4.78, 5) is 29.1. The van der Waals surface area contributed by atoms with Crippen LogP contribution in [0.5, 0.6) is 11.5 Å². The Morgan fingerprint density at radius 2 is 1.83 bits per heavy atom. The average molecular weight is 411 g/mol. The smallest absolute Gasteiger partial charge is 0.225 e. The molecule has 6 nitrogen and oxygen atoms in total. The van der Waals surface area contributed by atoms with Gasteiger partial charge in [0.2, 0.25) is 11.8 Å². The van der Waals surface area contributed by atoms with E-state index in [-0.39, 0.29) is 24.3 Å². The van der Waals surface area contributed by atoms with Gasteiger partial charge in [-0.3, -0.25) is 9.59 Å². The fraction of sp³-hybridized carbons (Fsp3) is 0.417. The summed E-state index contributed by atoms with van der Waals surface area (Å²) in [6, 6.07) is 13.6. The van der Waals surface area contributed by atoms with Crippen molar-refractivity contribution in [1.82, 2.24) is 9.80 Å². The van der Waals surface area contributed by atoms with Gasteiger partial charge in [0.1, 0.15) is 0 Å². The van der Waals surface area contributed by atoms with E-state index in [9.17, 15) is 9.59 Å². The number of amides is 2. The number of hydrogen-bond acceptors (Lipinski definition) is 4. The summed E-state index contributed by atoms with van der Waals surface area (Å²) in [6.07, 6.45) is 1.10. The summed E-state index contributed by atoms with van der Waals surface area (Å²) in [5.74, 6) is 1.33. The van der Waals surface area contributed by atoms with Crippen LogP contribution in [0.1, 0.15) is 43.0 Å². The van der Waals surface area contributed by atoms with Crippen LogP contribution in [0.4, 0.5) is 0 Å². The Labute approximate surface area is 178 Å². The van der Waals surface area contributed by atoms with Gasteiger partial charge in [-0.25, -0.2) is 0 Å². The maximum Gasteiger partial charge on any atom is 0.225 e. The van der Waals surface area contributed by atoms with Crippen molar-refractivity contribution in [2.75, 3.05) is 27.3 Å². The highest BCUT2D eigenvalue weighted by Crippen LogP contribution is 2.33. The van der Waals surface area contributed by atoms with Crippen molar-refractivity contribution >= 4 is 11.8 Å². The summed E-state index contributed by atoms with van der Waals surface area (Å²) in [5.41, 5.74) is 3.26. The zero-order valence-corrected chi connectivity index (χ0v) is 18.2. The van der Waals surface area contributed by atoms with Crippen molar-refractivity contribution < 1.29 is 19.1 Å². The average Bonchev–Trinajstić information content (AvgIpc) is 2.77. The number of hydrogen-bond donors (Lipinski definition) is 0. The van der Waals surface area contributed by atoms with Crippen LogP contribution in [0.15, 0.2) is 42.5 Å². The monoisotopic (exact) mass is 410 g/mol. The first-order valence-electron chi connectivity index (χ1n) is 10.3. The number of benzene rings is 2. The van der Waals surface area contributed by atoms with Crippen LogP contribution in [0, 0.1) is 0 Å². The molecule has 0 saturated heterocycles. The van der Waals surface area contributed by atoms with Gasteiger partial charge in [-0.05, 0) is 42.2 Å². The number of methoxy groups -OCH3 is 2. The molecule has 0 N–H and O–H groups in total. The molecule has 2 aromatic rings. The number of ether oxygens (including phenoxy) is 2. The number of carbonyl (C=O) groups is 2. The second-order valence-corrected chi connectivity index (χ2v) is 7.48. The minimum Gasteiger partial charge on any atom is -0.493 e. The Hall–Kier alpha value is -3.02. The topological polar surface area (TPSA) is 59.1 Å². The molecule has 1 atom stereocenters. The lowest BCUT2D eigenvalue weighted by molar-refractivity contribution is -0.137. The Bertz CT molecular complexity index is 912. The zero-order chi connectivity index (χ0) is 21.7. The van der Waals surface area contributed by atoms with Crippen LogP contribution in [-0.4, -0.2) is 48.9 Å². The molecule has 0 saturated carbocycles. The van der Waals surface area contributed by atoms with Gasteiger partial charge in [-0.15, -0.1) is 0 Å². The minimum absolute atomic E-state index is 0.00485. The molecule has 0 radical (unpaired) electrons. The second-order valence-electron chi connectivity index (χ2n) is 7.48. The molecule has 1 unspecified atom stereocenters. The molecule has 0 bridgehead atoms. The first kappa shape index (κ1) is 21.7. The standard InChI is InChI=1S/C24H30N2O4/c1-5-25(16-18-10-11-22(29-3)23(14-18)30-4)24(28)15-21-20-9-7-6-8-19(20)12-13-26(21)17(2)27/h6-11,14,21H,5,12-13,15-16H2,1-4H3. The van der Waals surface area contributed by atoms with E-state index < -0.39 is 0 Å². The van der Waals surface area contributed by atoms with Crippen LogP contribution in [0.2, 0.25) is 0 Å². The van der Waals surface area contributed by atoms with E-state index in [0.29, 0.717) is 31.1 Å². The van der Waals surface area contributed by atoms with Crippen LogP contribution >= 0.6 is 0 Å². The van der Waals surface area contributed by atoms with Crippen LogP contribution in [0.3, 0.4) is 0 Å². The highest BCUT2D eigenvalue weighted by molar-refractivity contribution is 5.80. The van der Waals surface area contributed by atoms with Crippen LogP contribution < -0.4 is 9.47 Å². The highest BCUT2D eigenvalue weighted by atomic mass is 16.5. The van der Waals surface area contributed by atoms with E-state index in [4.69, 9.17) is 9.47 Å². The van der Waals surface area contributed by atoms with Gasteiger partial charge < -0.3 is 19.3 Å². The van der Waals surface area contributed by atoms with E-state index in [2.05, 4.69) is 6.07 Å². The normalized spacial score (nSPS) is 15.3. The lowest BCUT2D eigenvalue weighted by atomic mass is 9.90. The van der Waals surface area contributed by atoms with Gasteiger partial charge in [-0.2, -0.15) is 0 Å². The van der Waals surface area contributed by atoms with Crippen LogP contribution in [-0.2, 0) is 22.6 Å². The minimum atomic E-state index is -0.223. The summed E-state index contributed by atoms with van der Waals surface area (Å²) in [5, 5.41) is 0. The number of nitrogens with zero attached hydrogens (tertiary/aromatic N) is 2. The van der Waals surface area contributed by atoms with Gasteiger partial charge in [0.15, 0.2) is 11.5 Å². The van der Waals surface area contributed by atoms with E-state index in [1.165, 1.54) is 5.56 Å². The number of rotatable bonds is 7. The van der Waals surface area contributed by atoms with Crippen molar-refractivity contribution in [1.29, 1.82) is 0 Å². The summed E-state index contributed by atoms with van der Waals surface area (Å²) < 4.78 is 10.7. The summed E-state index contributed by atoms with van der Waals surface area (Å²) in [6.45, 7) is 5.25. The zero-order valence-electron chi connectivity index (χ0n) is 18.2. The van der Waals surface area contributed by atoms with Crippen LogP contribution in [0.25, 0.3) is 0 Å². The Morgan fingerprint density at radius 1 is 1.10 bits per heavy atom. The van der Waals surface area contributed by atoms with E-state index >= 15 is 0 Å². The van der Waals surface area contributed by atoms with Crippen molar-refractivity contribution in [2.45, 2.75) is 39.3 Å². The molecule has 2 aromatic carbocycles. The molecule has 3 rings (SSSR count). The first-order valence-corrected chi connectivity index (χ1v) is 10.3. The van der Waals surface area contributed by atoms with Gasteiger partial charge in [0.25, 0.3) is 0 Å². The molecule has 0 fully saturated rings. The Kier molecular flexibility index (Phi) is 6.98. The molecule has 1 aliphatic rings. The third kappa shape index (κ3) is 4.58. The molecule has 30 heavy (non-hydrogen) atoms. The van der Waals surface area contributed by atoms with Crippen molar-refractivity contribution in [2.24, 2.45) is 0 Å². The highest BCUT2D eigenvalue weighted by Gasteiger charge is 2.31. The van der Waals surface area contributed by atoms with E-state index in [1.807, 2.05) is 53.1 Å².